The van der Waals surface area contributed by atoms with Gasteiger partial charge in [-0.3, -0.25) is 4.79 Å². The third-order valence-electron chi connectivity index (χ3n) is 4.55. The molecule has 0 aromatic heterocycles. The molecule has 2 heterocycles. The second-order valence-electron chi connectivity index (χ2n) is 6.47. The summed E-state index contributed by atoms with van der Waals surface area (Å²) < 4.78 is 21.8. The molecule has 136 valence electrons. The van der Waals surface area contributed by atoms with Gasteiger partial charge in [-0.05, 0) is 41.3 Å². The van der Waals surface area contributed by atoms with Crippen LogP contribution in [-0.2, 0) is 11.3 Å². The summed E-state index contributed by atoms with van der Waals surface area (Å²) in [5, 5.41) is 2.96. The van der Waals surface area contributed by atoms with Crippen LogP contribution in [0.4, 0.5) is 0 Å². The highest BCUT2D eigenvalue weighted by atomic mass is 16.7. The van der Waals surface area contributed by atoms with Crippen molar-refractivity contribution in [2.45, 2.75) is 25.8 Å². The first-order chi connectivity index (χ1) is 12.7. The maximum Gasteiger partial charge on any atom is 0.231 e. The normalized spacial score (nSPS) is 15.4. The standard InChI is InChI=1S/C20H21NO5/c1-13(15-3-5-16-19(10-15)24-7-6-23-16)8-20(22)21-11-14-2-4-17-18(9-14)26-12-25-17/h2-5,9-10,13H,6-8,11-12H2,1H3,(H,21,22). The minimum atomic E-state index is 0.00468. The SMILES string of the molecule is CC(CC(=O)NCc1ccc2c(c1)OCO2)c1ccc2c(c1)OCCO2. The number of benzene rings is 2. The zero-order valence-corrected chi connectivity index (χ0v) is 14.6. The van der Waals surface area contributed by atoms with Gasteiger partial charge in [-0.15, -0.1) is 0 Å². The highest BCUT2D eigenvalue weighted by Gasteiger charge is 2.17. The van der Waals surface area contributed by atoms with Gasteiger partial charge in [-0.1, -0.05) is 19.1 Å². The van der Waals surface area contributed by atoms with Crippen molar-refractivity contribution >= 4 is 5.91 Å². The lowest BCUT2D eigenvalue weighted by Gasteiger charge is -2.20. The molecular weight excluding hydrogens is 334 g/mol. The average molecular weight is 355 g/mol. The number of carbonyl (C=O) groups is 1. The topological polar surface area (TPSA) is 66.0 Å². The van der Waals surface area contributed by atoms with Crippen molar-refractivity contribution in [3.63, 3.8) is 0 Å². The molecule has 26 heavy (non-hydrogen) atoms. The summed E-state index contributed by atoms with van der Waals surface area (Å²) in [5.74, 6) is 3.07. The second-order valence-corrected chi connectivity index (χ2v) is 6.47. The average Bonchev–Trinajstić information content (AvgIpc) is 3.13. The molecule has 2 aliphatic heterocycles. The van der Waals surface area contributed by atoms with E-state index in [9.17, 15) is 4.79 Å². The Balaban J connectivity index is 1.33. The van der Waals surface area contributed by atoms with E-state index in [0.717, 1.165) is 34.1 Å². The molecule has 0 spiro atoms. The first kappa shape index (κ1) is 16.6. The molecule has 0 fully saturated rings. The number of ether oxygens (including phenoxy) is 4. The molecule has 2 aromatic rings. The molecule has 6 nitrogen and oxygen atoms in total. The van der Waals surface area contributed by atoms with Crippen molar-refractivity contribution in [3.8, 4) is 23.0 Å². The molecular formula is C20H21NO5. The lowest BCUT2D eigenvalue weighted by molar-refractivity contribution is -0.121. The zero-order valence-electron chi connectivity index (χ0n) is 14.6. The van der Waals surface area contributed by atoms with E-state index in [2.05, 4.69) is 5.32 Å². The molecule has 0 saturated carbocycles. The van der Waals surface area contributed by atoms with E-state index in [-0.39, 0.29) is 18.6 Å². The third-order valence-corrected chi connectivity index (χ3v) is 4.55. The van der Waals surface area contributed by atoms with Gasteiger partial charge in [0.2, 0.25) is 12.7 Å². The van der Waals surface area contributed by atoms with Gasteiger partial charge in [0, 0.05) is 13.0 Å². The van der Waals surface area contributed by atoms with Gasteiger partial charge in [0.1, 0.15) is 13.2 Å². The fraction of sp³-hybridized carbons (Fsp3) is 0.350. The summed E-state index contributed by atoms with van der Waals surface area (Å²) in [7, 11) is 0. The lowest BCUT2D eigenvalue weighted by atomic mass is 9.97. The molecule has 0 aliphatic carbocycles. The minimum absolute atomic E-state index is 0.00468. The largest absolute Gasteiger partial charge is 0.486 e. The first-order valence-electron chi connectivity index (χ1n) is 8.74. The Morgan fingerprint density at radius 1 is 0.962 bits per heavy atom. The molecule has 4 rings (SSSR count). The molecule has 1 unspecified atom stereocenters. The van der Waals surface area contributed by atoms with E-state index < -0.39 is 0 Å². The second kappa shape index (κ2) is 7.15. The van der Waals surface area contributed by atoms with Crippen molar-refractivity contribution in [3.05, 3.63) is 47.5 Å². The number of nitrogens with one attached hydrogen (secondary N) is 1. The van der Waals surface area contributed by atoms with E-state index in [1.807, 2.05) is 43.3 Å². The fourth-order valence-corrected chi connectivity index (χ4v) is 3.09. The molecule has 1 amide bonds. The third kappa shape index (κ3) is 3.54. The van der Waals surface area contributed by atoms with Crippen LogP contribution in [-0.4, -0.2) is 25.9 Å². The Kier molecular flexibility index (Phi) is 4.56. The number of hydrogen-bond acceptors (Lipinski definition) is 5. The Morgan fingerprint density at radius 2 is 1.65 bits per heavy atom. The predicted octanol–water partition coefficient (Wildman–Crippen LogP) is 3.00. The molecule has 6 heteroatoms. The molecule has 0 saturated heterocycles. The van der Waals surface area contributed by atoms with Crippen LogP contribution >= 0.6 is 0 Å². The van der Waals surface area contributed by atoms with Crippen molar-refractivity contribution in [1.29, 1.82) is 0 Å². The number of hydrogen-bond donors (Lipinski definition) is 1. The van der Waals surface area contributed by atoms with Gasteiger partial charge in [0.25, 0.3) is 0 Å². The van der Waals surface area contributed by atoms with E-state index >= 15 is 0 Å². The van der Waals surface area contributed by atoms with Crippen LogP contribution in [0.25, 0.3) is 0 Å². The van der Waals surface area contributed by atoms with Crippen LogP contribution < -0.4 is 24.3 Å². The number of fused-ring (bicyclic) bond motifs is 2. The Morgan fingerprint density at radius 3 is 2.54 bits per heavy atom. The monoisotopic (exact) mass is 355 g/mol. The molecule has 1 atom stereocenters. The summed E-state index contributed by atoms with van der Waals surface area (Å²) in [4.78, 5) is 12.3. The van der Waals surface area contributed by atoms with Crippen LogP contribution in [0.5, 0.6) is 23.0 Å². The van der Waals surface area contributed by atoms with E-state index in [1.165, 1.54) is 0 Å². The number of carbonyl (C=O) groups excluding carboxylic acids is 1. The quantitative estimate of drug-likeness (QED) is 0.893. The van der Waals surface area contributed by atoms with Crippen molar-refractivity contribution in [2.24, 2.45) is 0 Å². The zero-order chi connectivity index (χ0) is 17.9. The van der Waals surface area contributed by atoms with Crippen LogP contribution in [0.2, 0.25) is 0 Å². The summed E-state index contributed by atoms with van der Waals surface area (Å²) in [6.45, 7) is 3.87. The maximum absolute atomic E-state index is 12.3. The lowest BCUT2D eigenvalue weighted by Crippen LogP contribution is -2.24. The Labute approximate surface area is 152 Å². The van der Waals surface area contributed by atoms with Crippen molar-refractivity contribution < 1.29 is 23.7 Å². The predicted molar refractivity (Wildman–Crippen MR) is 94.9 cm³/mol. The summed E-state index contributed by atoms with van der Waals surface area (Å²) >= 11 is 0. The molecule has 1 N–H and O–H groups in total. The smallest absolute Gasteiger partial charge is 0.231 e. The van der Waals surface area contributed by atoms with E-state index in [0.29, 0.717) is 26.2 Å². The van der Waals surface area contributed by atoms with Gasteiger partial charge < -0.3 is 24.3 Å². The molecule has 0 bridgehead atoms. The van der Waals surface area contributed by atoms with Gasteiger partial charge >= 0.3 is 0 Å². The van der Waals surface area contributed by atoms with E-state index in [4.69, 9.17) is 18.9 Å². The first-order valence-corrected chi connectivity index (χ1v) is 8.74. The Bertz CT molecular complexity index is 820. The molecule has 2 aromatic carbocycles. The fourth-order valence-electron chi connectivity index (χ4n) is 3.09. The Hall–Kier alpha value is -2.89. The van der Waals surface area contributed by atoms with Crippen molar-refractivity contribution in [1.82, 2.24) is 5.32 Å². The highest BCUT2D eigenvalue weighted by Crippen LogP contribution is 2.34. The van der Waals surface area contributed by atoms with Gasteiger partial charge in [-0.25, -0.2) is 0 Å². The van der Waals surface area contributed by atoms with Crippen molar-refractivity contribution in [2.75, 3.05) is 20.0 Å². The van der Waals surface area contributed by atoms with Gasteiger partial charge in [-0.2, -0.15) is 0 Å². The van der Waals surface area contributed by atoms with Gasteiger partial charge in [0.15, 0.2) is 23.0 Å². The van der Waals surface area contributed by atoms with E-state index in [1.54, 1.807) is 0 Å². The maximum atomic E-state index is 12.3. The van der Waals surface area contributed by atoms with Crippen LogP contribution in [0, 0.1) is 0 Å². The van der Waals surface area contributed by atoms with Crippen LogP contribution in [0.3, 0.4) is 0 Å². The minimum Gasteiger partial charge on any atom is -0.486 e. The molecule has 0 radical (unpaired) electrons. The van der Waals surface area contributed by atoms with Crippen LogP contribution in [0.15, 0.2) is 36.4 Å². The van der Waals surface area contributed by atoms with Gasteiger partial charge in [0.05, 0.1) is 0 Å². The highest BCUT2D eigenvalue weighted by molar-refractivity contribution is 5.77. The summed E-state index contributed by atoms with van der Waals surface area (Å²) in [5.41, 5.74) is 2.04. The summed E-state index contributed by atoms with van der Waals surface area (Å²) in [6.07, 6.45) is 0.407. The summed E-state index contributed by atoms with van der Waals surface area (Å²) in [6, 6.07) is 11.5. The molecule has 2 aliphatic rings. The number of amides is 1. The number of rotatable bonds is 5. The van der Waals surface area contributed by atoms with Crippen LogP contribution in [0.1, 0.15) is 30.4 Å².